The molecule has 0 spiro atoms. The third kappa shape index (κ3) is 5.61. The Balaban J connectivity index is 1.47. The van der Waals surface area contributed by atoms with Gasteiger partial charge in [0.1, 0.15) is 12.7 Å². The van der Waals surface area contributed by atoms with Gasteiger partial charge in [-0.05, 0) is 44.3 Å². The minimum atomic E-state index is -1.27. The molecule has 0 saturated carbocycles. The van der Waals surface area contributed by atoms with Gasteiger partial charge in [0.25, 0.3) is 5.82 Å². The number of ether oxygens (including phenoxy) is 5. The standard InChI is InChI=1S/C33H27N3O9/c1-17(37)42-16-25-29(43-18(2)38)30(44-19(3)39)32(45-25)36-26(34-31(35-36)33(40)41-4)15-13-20-8-9-23-11-10-21-6-5-7-22-12-14-24(20)28(23)27(21)22/h5-12,14,25,29-30,32H,16H2,1-4H3/t25-,29-,30-,32-/m1/s1. The first-order valence-corrected chi connectivity index (χ1v) is 14.0. The van der Waals surface area contributed by atoms with Crippen molar-refractivity contribution in [1.29, 1.82) is 0 Å². The molecule has 228 valence electrons. The molecule has 1 aromatic heterocycles. The topological polar surface area (TPSA) is 145 Å². The molecule has 4 atom stereocenters. The van der Waals surface area contributed by atoms with E-state index in [4.69, 9.17) is 23.7 Å². The van der Waals surface area contributed by atoms with Crippen LogP contribution < -0.4 is 0 Å². The first-order valence-electron chi connectivity index (χ1n) is 14.0. The van der Waals surface area contributed by atoms with Crippen LogP contribution in [0.4, 0.5) is 0 Å². The van der Waals surface area contributed by atoms with E-state index in [2.05, 4.69) is 46.2 Å². The number of aromatic nitrogens is 3. The van der Waals surface area contributed by atoms with Crippen LogP contribution in [0.5, 0.6) is 0 Å². The SMILES string of the molecule is COC(=O)c1nc(C#Cc2ccc3ccc4cccc5ccc2c3c45)n([C@@H]2O[C@H](COC(C)=O)[C@@H](OC(C)=O)[C@H]2OC(C)=O)n1. The van der Waals surface area contributed by atoms with Crippen molar-refractivity contribution in [2.24, 2.45) is 0 Å². The minimum Gasteiger partial charge on any atom is -0.463 e. The highest BCUT2D eigenvalue weighted by atomic mass is 16.7. The molecule has 4 aromatic carbocycles. The first kappa shape index (κ1) is 29.5. The molecule has 1 saturated heterocycles. The molecule has 0 radical (unpaired) electrons. The van der Waals surface area contributed by atoms with Crippen LogP contribution in [-0.4, -0.2) is 70.7 Å². The molecule has 0 aliphatic carbocycles. The fourth-order valence-electron chi connectivity index (χ4n) is 5.62. The van der Waals surface area contributed by atoms with Gasteiger partial charge in [-0.25, -0.2) is 9.48 Å². The quantitative estimate of drug-likeness (QED) is 0.120. The summed E-state index contributed by atoms with van der Waals surface area (Å²) in [5, 5.41) is 10.7. The van der Waals surface area contributed by atoms with Crippen molar-refractivity contribution in [1.82, 2.24) is 14.8 Å². The van der Waals surface area contributed by atoms with Crippen molar-refractivity contribution >= 4 is 56.2 Å². The Morgan fingerprint density at radius 2 is 1.47 bits per heavy atom. The van der Waals surface area contributed by atoms with E-state index in [9.17, 15) is 19.2 Å². The summed E-state index contributed by atoms with van der Waals surface area (Å²) in [6.07, 6.45) is -4.75. The highest BCUT2D eigenvalue weighted by Crippen LogP contribution is 2.37. The Bertz CT molecular complexity index is 2020. The highest BCUT2D eigenvalue weighted by molar-refractivity contribution is 6.23. The van der Waals surface area contributed by atoms with Crippen LogP contribution >= 0.6 is 0 Å². The largest absolute Gasteiger partial charge is 0.463 e. The number of nitrogens with zero attached hydrogens (tertiary/aromatic N) is 3. The van der Waals surface area contributed by atoms with Gasteiger partial charge >= 0.3 is 23.9 Å². The van der Waals surface area contributed by atoms with Gasteiger partial charge in [-0.1, -0.05) is 54.5 Å². The predicted molar refractivity (Wildman–Crippen MR) is 159 cm³/mol. The van der Waals surface area contributed by atoms with E-state index >= 15 is 0 Å². The Morgan fingerprint density at radius 3 is 2.13 bits per heavy atom. The predicted octanol–water partition coefficient (Wildman–Crippen LogP) is 3.69. The third-order valence-electron chi connectivity index (χ3n) is 7.42. The van der Waals surface area contributed by atoms with Gasteiger partial charge in [0.05, 0.1) is 7.11 Å². The maximum Gasteiger partial charge on any atom is 0.378 e. The number of rotatable bonds is 6. The van der Waals surface area contributed by atoms with Crippen LogP contribution in [0.2, 0.25) is 0 Å². The maximum atomic E-state index is 12.5. The number of esters is 4. The normalized spacial score (nSPS) is 19.3. The van der Waals surface area contributed by atoms with Gasteiger partial charge in [0, 0.05) is 26.3 Å². The number of methoxy groups -OCH3 is 1. The van der Waals surface area contributed by atoms with Gasteiger partial charge in [0.15, 0.2) is 18.4 Å². The number of carbonyl (C=O) groups is 4. The maximum absolute atomic E-state index is 12.5. The van der Waals surface area contributed by atoms with Gasteiger partial charge in [0.2, 0.25) is 5.82 Å². The Kier molecular flexibility index (Phi) is 7.78. The summed E-state index contributed by atoms with van der Waals surface area (Å²) in [6.45, 7) is 3.25. The van der Waals surface area contributed by atoms with E-state index < -0.39 is 48.4 Å². The highest BCUT2D eigenvalue weighted by Gasteiger charge is 2.51. The third-order valence-corrected chi connectivity index (χ3v) is 7.42. The second-order valence-electron chi connectivity index (χ2n) is 10.4. The van der Waals surface area contributed by atoms with E-state index in [1.165, 1.54) is 32.6 Å². The van der Waals surface area contributed by atoms with Crippen molar-refractivity contribution in [2.75, 3.05) is 13.7 Å². The van der Waals surface area contributed by atoms with Gasteiger partial charge in [-0.3, -0.25) is 14.4 Å². The fraction of sp³-hybridized carbons (Fsp3) is 0.273. The summed E-state index contributed by atoms with van der Waals surface area (Å²) >= 11 is 0. The van der Waals surface area contributed by atoms with E-state index in [1.807, 2.05) is 30.3 Å². The molecule has 12 heteroatoms. The molecule has 5 aromatic rings. The first-order chi connectivity index (χ1) is 21.6. The summed E-state index contributed by atoms with van der Waals surface area (Å²) < 4.78 is 28.2. The number of benzene rings is 4. The Morgan fingerprint density at radius 1 is 0.822 bits per heavy atom. The fourth-order valence-corrected chi connectivity index (χ4v) is 5.62. The molecule has 0 bridgehead atoms. The van der Waals surface area contributed by atoms with Crippen LogP contribution in [0.25, 0.3) is 32.3 Å². The van der Waals surface area contributed by atoms with Gasteiger partial charge in [-0.2, -0.15) is 4.98 Å². The lowest BCUT2D eigenvalue weighted by molar-refractivity contribution is -0.166. The monoisotopic (exact) mass is 609 g/mol. The van der Waals surface area contributed by atoms with Crippen LogP contribution in [0.3, 0.4) is 0 Å². The lowest BCUT2D eigenvalue weighted by atomic mass is 9.92. The van der Waals surface area contributed by atoms with Gasteiger partial charge in [-0.15, -0.1) is 5.10 Å². The molecular formula is C33H27N3O9. The van der Waals surface area contributed by atoms with Crippen molar-refractivity contribution in [3.8, 4) is 11.8 Å². The van der Waals surface area contributed by atoms with Crippen molar-refractivity contribution in [3.05, 3.63) is 71.8 Å². The zero-order chi connectivity index (χ0) is 31.8. The molecule has 2 heterocycles. The zero-order valence-electron chi connectivity index (χ0n) is 24.7. The summed E-state index contributed by atoms with van der Waals surface area (Å²) in [5.41, 5.74) is 0.698. The Hall–Kier alpha value is -5.54. The summed E-state index contributed by atoms with van der Waals surface area (Å²) in [7, 11) is 1.18. The lowest BCUT2D eigenvalue weighted by Gasteiger charge is -2.23. The van der Waals surface area contributed by atoms with E-state index in [-0.39, 0.29) is 18.3 Å². The lowest BCUT2D eigenvalue weighted by Crippen LogP contribution is -2.40. The number of hydrogen-bond donors (Lipinski definition) is 0. The molecule has 12 nitrogen and oxygen atoms in total. The summed E-state index contributed by atoms with van der Waals surface area (Å²) in [5.74, 6) is 2.99. The van der Waals surface area contributed by atoms with Gasteiger partial charge < -0.3 is 23.7 Å². The van der Waals surface area contributed by atoms with Crippen molar-refractivity contribution in [2.45, 2.75) is 45.3 Å². The van der Waals surface area contributed by atoms with E-state index in [0.717, 1.165) is 32.3 Å². The molecule has 0 N–H and O–H groups in total. The molecule has 0 amide bonds. The summed E-state index contributed by atoms with van der Waals surface area (Å²) in [4.78, 5) is 52.5. The Labute approximate surface area is 256 Å². The second kappa shape index (κ2) is 11.9. The molecule has 45 heavy (non-hydrogen) atoms. The van der Waals surface area contributed by atoms with Crippen LogP contribution in [0, 0.1) is 11.8 Å². The number of hydrogen-bond acceptors (Lipinski definition) is 11. The van der Waals surface area contributed by atoms with E-state index in [0.29, 0.717) is 5.56 Å². The van der Waals surface area contributed by atoms with E-state index in [1.54, 1.807) is 0 Å². The average Bonchev–Trinajstić information content (AvgIpc) is 3.58. The molecular weight excluding hydrogens is 582 g/mol. The average molecular weight is 610 g/mol. The molecule has 1 aliphatic rings. The minimum absolute atomic E-state index is 0.0158. The smallest absolute Gasteiger partial charge is 0.378 e. The van der Waals surface area contributed by atoms with Crippen LogP contribution in [0.1, 0.15) is 49.0 Å². The molecule has 1 aliphatic heterocycles. The van der Waals surface area contributed by atoms with Crippen LogP contribution in [-0.2, 0) is 38.1 Å². The molecule has 6 rings (SSSR count). The van der Waals surface area contributed by atoms with Crippen LogP contribution in [0.15, 0.2) is 54.6 Å². The second-order valence-corrected chi connectivity index (χ2v) is 10.4. The molecule has 1 fully saturated rings. The number of carbonyl (C=O) groups excluding carboxylic acids is 4. The zero-order valence-corrected chi connectivity index (χ0v) is 24.7. The molecule has 0 unspecified atom stereocenters. The van der Waals surface area contributed by atoms with Crippen molar-refractivity contribution in [3.63, 3.8) is 0 Å². The van der Waals surface area contributed by atoms with Crippen molar-refractivity contribution < 1.29 is 42.9 Å². The summed E-state index contributed by atoms with van der Waals surface area (Å²) in [6, 6.07) is 18.2.